The van der Waals surface area contributed by atoms with Crippen molar-refractivity contribution in [2.45, 2.75) is 19.8 Å². The maximum Gasteiger partial charge on any atom is 0.335 e. The van der Waals surface area contributed by atoms with E-state index in [4.69, 9.17) is 9.47 Å². The highest BCUT2D eigenvalue weighted by Gasteiger charge is 2.06. The second-order valence-corrected chi connectivity index (χ2v) is 3.27. The summed E-state index contributed by atoms with van der Waals surface area (Å²) in [4.78, 5) is 11.1. The largest absolute Gasteiger partial charge is 0.490 e. The highest BCUT2D eigenvalue weighted by Crippen LogP contribution is 2.26. The van der Waals surface area contributed by atoms with Gasteiger partial charge in [0.1, 0.15) is 0 Å². The molecule has 0 amide bonds. The van der Waals surface area contributed by atoms with Crippen LogP contribution in [0.4, 0.5) is 0 Å². The summed E-state index contributed by atoms with van der Waals surface area (Å²) in [5, 5.41) is 0. The quantitative estimate of drug-likeness (QED) is 0.320. The van der Waals surface area contributed by atoms with Gasteiger partial charge in [0, 0.05) is 6.08 Å². The van der Waals surface area contributed by atoms with Crippen LogP contribution in [0.2, 0.25) is 0 Å². The Morgan fingerprint density at radius 1 is 1.38 bits per heavy atom. The Hall–Kier alpha value is -1.77. The molecule has 0 spiro atoms. The number of unbranched alkanes of at least 4 members (excludes halogenated alkanes) is 1. The van der Waals surface area contributed by atoms with Crippen molar-refractivity contribution in [1.29, 1.82) is 0 Å². The lowest BCUT2D eigenvalue weighted by Gasteiger charge is -2.09. The van der Waals surface area contributed by atoms with Crippen LogP contribution in [0.5, 0.6) is 11.5 Å². The molecule has 1 aromatic carbocycles. The molecule has 3 heteroatoms. The number of ether oxygens (including phenoxy) is 2. The van der Waals surface area contributed by atoms with Gasteiger partial charge in [-0.25, -0.2) is 4.79 Å². The van der Waals surface area contributed by atoms with Crippen LogP contribution >= 0.6 is 0 Å². The monoisotopic (exact) mass is 220 g/mol. The van der Waals surface area contributed by atoms with Crippen LogP contribution in [0.3, 0.4) is 0 Å². The third-order valence-electron chi connectivity index (χ3n) is 1.98. The van der Waals surface area contributed by atoms with E-state index in [1.54, 1.807) is 18.2 Å². The molecule has 3 nitrogen and oxygen atoms in total. The fourth-order valence-corrected chi connectivity index (χ4v) is 1.13. The SMILES string of the molecule is C=CC(=O)Oc1ccccc1OCCCC. The second kappa shape index (κ2) is 6.67. The number of esters is 1. The topological polar surface area (TPSA) is 35.5 Å². The van der Waals surface area contributed by atoms with Gasteiger partial charge in [0.2, 0.25) is 0 Å². The number of hydrogen-bond acceptors (Lipinski definition) is 3. The molecule has 0 saturated carbocycles. The number of rotatable bonds is 6. The lowest BCUT2D eigenvalue weighted by molar-refractivity contribution is -0.129. The Labute approximate surface area is 95.7 Å². The van der Waals surface area contributed by atoms with Crippen molar-refractivity contribution >= 4 is 5.97 Å². The maximum absolute atomic E-state index is 11.1. The van der Waals surface area contributed by atoms with Gasteiger partial charge in [-0.05, 0) is 18.6 Å². The first-order chi connectivity index (χ1) is 7.77. The number of hydrogen-bond donors (Lipinski definition) is 0. The first kappa shape index (κ1) is 12.3. The molecule has 1 aromatic rings. The van der Waals surface area contributed by atoms with E-state index in [9.17, 15) is 4.79 Å². The first-order valence-electron chi connectivity index (χ1n) is 5.34. The molecule has 0 unspecified atom stereocenters. The summed E-state index contributed by atoms with van der Waals surface area (Å²) in [6, 6.07) is 7.11. The summed E-state index contributed by atoms with van der Waals surface area (Å²) in [6.45, 7) is 6.06. The summed E-state index contributed by atoms with van der Waals surface area (Å²) in [5.74, 6) is 0.543. The van der Waals surface area contributed by atoms with Gasteiger partial charge < -0.3 is 9.47 Å². The van der Waals surface area contributed by atoms with Crippen LogP contribution in [0.15, 0.2) is 36.9 Å². The Bertz CT molecular complexity index is 358. The molecular weight excluding hydrogens is 204 g/mol. The minimum Gasteiger partial charge on any atom is -0.490 e. The third kappa shape index (κ3) is 3.77. The molecule has 0 atom stereocenters. The average molecular weight is 220 g/mol. The van der Waals surface area contributed by atoms with Crippen LogP contribution in [-0.2, 0) is 4.79 Å². The molecular formula is C13H16O3. The van der Waals surface area contributed by atoms with E-state index < -0.39 is 5.97 Å². The standard InChI is InChI=1S/C13H16O3/c1-3-5-10-15-11-8-6-7-9-12(11)16-13(14)4-2/h4,6-9H,2-3,5,10H2,1H3. The van der Waals surface area contributed by atoms with Gasteiger partial charge in [-0.1, -0.05) is 32.1 Å². The van der Waals surface area contributed by atoms with E-state index in [0.717, 1.165) is 18.9 Å². The molecule has 1 rings (SSSR count). The van der Waals surface area contributed by atoms with Crippen LogP contribution in [-0.4, -0.2) is 12.6 Å². The van der Waals surface area contributed by atoms with Gasteiger partial charge in [-0.15, -0.1) is 0 Å². The lowest BCUT2D eigenvalue weighted by atomic mass is 10.3. The summed E-state index contributed by atoms with van der Waals surface area (Å²) in [7, 11) is 0. The van der Waals surface area contributed by atoms with Crippen LogP contribution in [0, 0.1) is 0 Å². The van der Waals surface area contributed by atoms with E-state index in [1.807, 2.05) is 6.07 Å². The molecule has 0 radical (unpaired) electrons. The fourth-order valence-electron chi connectivity index (χ4n) is 1.13. The van der Waals surface area contributed by atoms with E-state index in [0.29, 0.717) is 18.1 Å². The second-order valence-electron chi connectivity index (χ2n) is 3.27. The first-order valence-corrected chi connectivity index (χ1v) is 5.34. The van der Waals surface area contributed by atoms with Crippen molar-refractivity contribution in [2.75, 3.05) is 6.61 Å². The highest BCUT2D eigenvalue weighted by molar-refractivity contribution is 5.83. The van der Waals surface area contributed by atoms with Crippen molar-refractivity contribution in [3.63, 3.8) is 0 Å². The zero-order chi connectivity index (χ0) is 11.8. The summed E-state index contributed by atoms with van der Waals surface area (Å²) >= 11 is 0. The predicted molar refractivity (Wildman–Crippen MR) is 62.7 cm³/mol. The van der Waals surface area contributed by atoms with Gasteiger partial charge in [0.25, 0.3) is 0 Å². The van der Waals surface area contributed by atoms with Crippen LogP contribution in [0.1, 0.15) is 19.8 Å². The smallest absolute Gasteiger partial charge is 0.335 e. The Morgan fingerprint density at radius 2 is 2.06 bits per heavy atom. The molecule has 0 saturated heterocycles. The molecule has 0 aromatic heterocycles. The summed E-state index contributed by atoms with van der Waals surface area (Å²) < 4.78 is 10.6. The number of benzene rings is 1. The number of para-hydroxylation sites is 2. The molecule has 0 fully saturated rings. The summed E-state index contributed by atoms with van der Waals surface area (Å²) in [5.41, 5.74) is 0. The number of carbonyl (C=O) groups excluding carboxylic acids is 1. The average Bonchev–Trinajstić information content (AvgIpc) is 2.31. The summed E-state index contributed by atoms with van der Waals surface area (Å²) in [6.07, 6.45) is 3.17. The molecule has 86 valence electrons. The Kier molecular flexibility index (Phi) is 5.12. The molecule has 16 heavy (non-hydrogen) atoms. The fraction of sp³-hybridized carbons (Fsp3) is 0.308. The van der Waals surface area contributed by atoms with Gasteiger partial charge >= 0.3 is 5.97 Å². The molecule has 0 aliphatic rings. The van der Waals surface area contributed by atoms with Crippen molar-refractivity contribution in [2.24, 2.45) is 0 Å². The van der Waals surface area contributed by atoms with Crippen LogP contribution < -0.4 is 9.47 Å². The maximum atomic E-state index is 11.1. The van der Waals surface area contributed by atoms with Gasteiger partial charge in [-0.2, -0.15) is 0 Å². The van der Waals surface area contributed by atoms with Crippen molar-refractivity contribution in [3.8, 4) is 11.5 Å². The molecule has 0 heterocycles. The minimum atomic E-state index is -0.480. The van der Waals surface area contributed by atoms with E-state index in [1.165, 1.54) is 0 Å². The van der Waals surface area contributed by atoms with Gasteiger partial charge in [0.15, 0.2) is 11.5 Å². The molecule has 0 N–H and O–H groups in total. The molecule has 0 aliphatic heterocycles. The minimum absolute atomic E-state index is 0.434. The zero-order valence-electron chi connectivity index (χ0n) is 9.44. The molecule has 0 aliphatic carbocycles. The predicted octanol–water partition coefficient (Wildman–Crippen LogP) is 2.96. The van der Waals surface area contributed by atoms with Crippen molar-refractivity contribution in [1.82, 2.24) is 0 Å². The third-order valence-corrected chi connectivity index (χ3v) is 1.98. The van der Waals surface area contributed by atoms with Crippen LogP contribution in [0.25, 0.3) is 0 Å². The lowest BCUT2D eigenvalue weighted by Crippen LogP contribution is -2.05. The highest BCUT2D eigenvalue weighted by atomic mass is 16.6. The normalized spacial score (nSPS) is 9.56. The van der Waals surface area contributed by atoms with Gasteiger partial charge in [-0.3, -0.25) is 0 Å². The molecule has 0 bridgehead atoms. The van der Waals surface area contributed by atoms with Gasteiger partial charge in [0.05, 0.1) is 6.61 Å². The Balaban J connectivity index is 2.67. The van der Waals surface area contributed by atoms with Crippen molar-refractivity contribution in [3.05, 3.63) is 36.9 Å². The van der Waals surface area contributed by atoms with E-state index >= 15 is 0 Å². The Morgan fingerprint density at radius 3 is 2.69 bits per heavy atom. The van der Waals surface area contributed by atoms with E-state index in [-0.39, 0.29) is 0 Å². The zero-order valence-corrected chi connectivity index (χ0v) is 9.44. The number of carbonyl (C=O) groups is 1. The van der Waals surface area contributed by atoms with Crippen molar-refractivity contribution < 1.29 is 14.3 Å². The van der Waals surface area contributed by atoms with E-state index in [2.05, 4.69) is 13.5 Å².